The number of nitrogens with one attached hydrogen (secondary N) is 1. The molecule has 2 rings (SSSR count). The Morgan fingerprint density at radius 2 is 2.15 bits per heavy atom. The van der Waals surface area contributed by atoms with E-state index in [1.165, 1.54) is 0 Å². The number of carbonyl (C=O) groups is 1. The standard InChI is InChI=1S/C22H32N2O3/c1-4-6-13-26-20-10-9-19(14-18(20)16-23)24-21(25)22(27-12-5-2)11-7-8-17(3)15-22/h9-10,14,17H,4-8,11-13,15H2,1-3H3,(H,24,25)/t17-,22-/m1/s1. The zero-order valence-corrected chi connectivity index (χ0v) is 16.8. The van der Waals surface area contributed by atoms with Crippen molar-refractivity contribution in [1.29, 1.82) is 5.26 Å². The molecule has 1 aromatic rings. The SMILES string of the molecule is CCCCOc1ccc(NC(=O)[C@@]2(OCCC)CCC[C@@H](C)C2)cc1C#N. The molecule has 1 aliphatic carbocycles. The normalized spacial score (nSPS) is 22.1. The lowest BCUT2D eigenvalue weighted by Gasteiger charge is -2.38. The number of nitrogens with zero attached hydrogens (tertiary/aromatic N) is 1. The van der Waals surface area contributed by atoms with E-state index in [9.17, 15) is 10.1 Å². The summed E-state index contributed by atoms with van der Waals surface area (Å²) in [6, 6.07) is 7.39. The minimum Gasteiger partial charge on any atom is -0.492 e. The van der Waals surface area contributed by atoms with Crippen molar-refractivity contribution < 1.29 is 14.3 Å². The fourth-order valence-electron chi connectivity index (χ4n) is 3.60. The molecule has 0 radical (unpaired) electrons. The van der Waals surface area contributed by atoms with Crippen LogP contribution in [0.3, 0.4) is 0 Å². The molecule has 0 spiro atoms. The molecule has 5 heteroatoms. The predicted octanol–water partition coefficient (Wildman–Crippen LogP) is 5.05. The summed E-state index contributed by atoms with van der Waals surface area (Å²) in [4.78, 5) is 13.1. The van der Waals surface area contributed by atoms with E-state index in [2.05, 4.69) is 25.2 Å². The van der Waals surface area contributed by atoms with Gasteiger partial charge in [-0.1, -0.05) is 33.6 Å². The van der Waals surface area contributed by atoms with Crippen molar-refractivity contribution in [3.05, 3.63) is 23.8 Å². The molecule has 1 amide bonds. The molecule has 0 bridgehead atoms. The lowest BCUT2D eigenvalue weighted by molar-refractivity contribution is -0.148. The van der Waals surface area contributed by atoms with E-state index in [1.807, 2.05) is 6.92 Å². The number of unbranched alkanes of at least 4 members (excludes halogenated alkanes) is 1. The number of rotatable bonds is 9. The van der Waals surface area contributed by atoms with Gasteiger partial charge in [0.2, 0.25) is 0 Å². The molecule has 148 valence electrons. The Balaban J connectivity index is 2.13. The average Bonchev–Trinajstić information content (AvgIpc) is 2.67. The number of ether oxygens (including phenoxy) is 2. The molecular weight excluding hydrogens is 340 g/mol. The fraction of sp³-hybridized carbons (Fsp3) is 0.636. The van der Waals surface area contributed by atoms with Crippen LogP contribution >= 0.6 is 0 Å². The summed E-state index contributed by atoms with van der Waals surface area (Å²) in [5.41, 5.74) is 0.276. The number of hydrogen-bond donors (Lipinski definition) is 1. The van der Waals surface area contributed by atoms with Crippen molar-refractivity contribution in [2.45, 2.75) is 71.3 Å². The summed E-state index contributed by atoms with van der Waals surface area (Å²) in [7, 11) is 0. The zero-order valence-electron chi connectivity index (χ0n) is 16.8. The predicted molar refractivity (Wildman–Crippen MR) is 107 cm³/mol. The van der Waals surface area contributed by atoms with Crippen LogP contribution in [0.15, 0.2) is 18.2 Å². The van der Waals surface area contributed by atoms with Gasteiger partial charge in [0.15, 0.2) is 0 Å². The largest absolute Gasteiger partial charge is 0.492 e. The molecule has 0 heterocycles. The first kappa shape index (κ1) is 21.2. The van der Waals surface area contributed by atoms with Crippen LogP contribution < -0.4 is 10.1 Å². The molecule has 1 fully saturated rings. The van der Waals surface area contributed by atoms with Crippen LogP contribution in [0.25, 0.3) is 0 Å². The third-order valence-electron chi connectivity index (χ3n) is 5.07. The van der Waals surface area contributed by atoms with E-state index in [-0.39, 0.29) is 5.91 Å². The Kier molecular flexibility index (Phi) is 8.12. The van der Waals surface area contributed by atoms with Gasteiger partial charge in [-0.25, -0.2) is 0 Å². The third kappa shape index (κ3) is 5.71. The first-order valence-corrected chi connectivity index (χ1v) is 10.2. The summed E-state index contributed by atoms with van der Waals surface area (Å²) < 4.78 is 11.7. The van der Waals surface area contributed by atoms with Crippen LogP contribution in [0.4, 0.5) is 5.69 Å². The highest BCUT2D eigenvalue weighted by atomic mass is 16.5. The van der Waals surface area contributed by atoms with Gasteiger partial charge in [-0.15, -0.1) is 0 Å². The smallest absolute Gasteiger partial charge is 0.256 e. The Morgan fingerprint density at radius 1 is 1.33 bits per heavy atom. The van der Waals surface area contributed by atoms with Gasteiger partial charge in [-0.05, 0) is 56.2 Å². The molecule has 1 N–H and O–H groups in total. The van der Waals surface area contributed by atoms with Crippen LogP contribution in [-0.4, -0.2) is 24.7 Å². The van der Waals surface area contributed by atoms with Crippen molar-refractivity contribution in [3.63, 3.8) is 0 Å². The number of carbonyl (C=O) groups excluding carboxylic acids is 1. The van der Waals surface area contributed by atoms with E-state index >= 15 is 0 Å². The van der Waals surface area contributed by atoms with E-state index in [0.717, 1.165) is 44.9 Å². The second-order valence-electron chi connectivity index (χ2n) is 7.52. The number of anilines is 1. The van der Waals surface area contributed by atoms with Crippen molar-refractivity contribution in [2.75, 3.05) is 18.5 Å². The van der Waals surface area contributed by atoms with Gasteiger partial charge >= 0.3 is 0 Å². The number of hydrogen-bond acceptors (Lipinski definition) is 4. The number of benzene rings is 1. The monoisotopic (exact) mass is 372 g/mol. The highest BCUT2D eigenvalue weighted by Gasteiger charge is 2.42. The lowest BCUT2D eigenvalue weighted by Crippen LogP contribution is -2.48. The first-order valence-electron chi connectivity index (χ1n) is 10.2. The summed E-state index contributed by atoms with van der Waals surface area (Å²) in [5, 5.41) is 12.4. The summed E-state index contributed by atoms with van der Waals surface area (Å²) in [5.74, 6) is 0.920. The summed E-state index contributed by atoms with van der Waals surface area (Å²) in [6.45, 7) is 7.48. The number of amides is 1. The third-order valence-corrected chi connectivity index (χ3v) is 5.07. The van der Waals surface area contributed by atoms with Crippen molar-refractivity contribution in [1.82, 2.24) is 0 Å². The van der Waals surface area contributed by atoms with Crippen LogP contribution in [0, 0.1) is 17.2 Å². The van der Waals surface area contributed by atoms with Gasteiger partial charge in [-0.3, -0.25) is 4.79 Å². The molecule has 1 aliphatic rings. The highest BCUT2D eigenvalue weighted by Crippen LogP contribution is 2.36. The van der Waals surface area contributed by atoms with Crippen LogP contribution in [-0.2, 0) is 9.53 Å². The van der Waals surface area contributed by atoms with E-state index in [4.69, 9.17) is 9.47 Å². The van der Waals surface area contributed by atoms with Crippen LogP contribution in [0.5, 0.6) is 5.75 Å². The average molecular weight is 373 g/mol. The molecule has 0 saturated heterocycles. The van der Waals surface area contributed by atoms with Crippen LogP contribution in [0.1, 0.15) is 71.3 Å². The lowest BCUT2D eigenvalue weighted by atomic mass is 9.78. The van der Waals surface area contributed by atoms with Crippen molar-refractivity contribution >= 4 is 11.6 Å². The zero-order chi connectivity index (χ0) is 19.7. The molecule has 0 aliphatic heterocycles. The van der Waals surface area contributed by atoms with E-state index in [1.54, 1.807) is 18.2 Å². The molecule has 0 unspecified atom stereocenters. The maximum absolute atomic E-state index is 13.1. The highest BCUT2D eigenvalue weighted by molar-refractivity contribution is 5.97. The molecule has 2 atom stereocenters. The minimum atomic E-state index is -0.767. The van der Waals surface area contributed by atoms with Crippen LogP contribution in [0.2, 0.25) is 0 Å². The molecular formula is C22H32N2O3. The van der Waals surface area contributed by atoms with E-state index < -0.39 is 5.60 Å². The molecule has 0 aromatic heterocycles. The van der Waals surface area contributed by atoms with Gasteiger partial charge in [-0.2, -0.15) is 5.26 Å². The second kappa shape index (κ2) is 10.3. The number of nitriles is 1. The van der Waals surface area contributed by atoms with Gasteiger partial charge in [0.1, 0.15) is 17.4 Å². The summed E-state index contributed by atoms with van der Waals surface area (Å²) >= 11 is 0. The quantitative estimate of drug-likeness (QED) is 0.616. The first-order chi connectivity index (χ1) is 13.0. The Hall–Kier alpha value is -2.06. The molecule has 1 aromatic carbocycles. The van der Waals surface area contributed by atoms with E-state index in [0.29, 0.717) is 36.1 Å². The summed E-state index contributed by atoms with van der Waals surface area (Å²) in [6.07, 6.45) is 6.46. The second-order valence-corrected chi connectivity index (χ2v) is 7.52. The topological polar surface area (TPSA) is 71.3 Å². The van der Waals surface area contributed by atoms with Gasteiger partial charge < -0.3 is 14.8 Å². The van der Waals surface area contributed by atoms with Gasteiger partial charge in [0.05, 0.1) is 12.2 Å². The maximum Gasteiger partial charge on any atom is 0.256 e. The molecule has 27 heavy (non-hydrogen) atoms. The Bertz CT molecular complexity index is 668. The maximum atomic E-state index is 13.1. The Morgan fingerprint density at radius 3 is 2.81 bits per heavy atom. The van der Waals surface area contributed by atoms with Gasteiger partial charge in [0.25, 0.3) is 5.91 Å². The fourth-order valence-corrected chi connectivity index (χ4v) is 3.60. The van der Waals surface area contributed by atoms with Gasteiger partial charge in [0, 0.05) is 12.3 Å². The Labute approximate surface area is 163 Å². The van der Waals surface area contributed by atoms with Crippen molar-refractivity contribution in [2.24, 2.45) is 5.92 Å². The van der Waals surface area contributed by atoms with Crippen molar-refractivity contribution in [3.8, 4) is 11.8 Å². The molecule has 1 saturated carbocycles. The minimum absolute atomic E-state index is 0.106. The molecule has 5 nitrogen and oxygen atoms in total.